The molecule has 0 aromatic heterocycles. The fourth-order valence-corrected chi connectivity index (χ4v) is 2.95. The third-order valence-electron chi connectivity index (χ3n) is 3.94. The van der Waals surface area contributed by atoms with Crippen LogP contribution in [0.3, 0.4) is 0 Å². The fourth-order valence-electron chi connectivity index (χ4n) is 2.95. The van der Waals surface area contributed by atoms with Crippen molar-refractivity contribution in [3.05, 3.63) is 0 Å². The van der Waals surface area contributed by atoms with Gasteiger partial charge in [0.05, 0.1) is 13.1 Å². The minimum absolute atomic E-state index is 0.0671. The fraction of sp³-hybridized carbons (Fsp3) is 0.923. The molecule has 2 amide bonds. The molecular weight excluding hydrogens is 232 g/mol. The van der Waals surface area contributed by atoms with E-state index in [4.69, 9.17) is 9.47 Å². The molecule has 0 aromatic rings. The molecule has 2 aliphatic heterocycles. The van der Waals surface area contributed by atoms with E-state index < -0.39 is 0 Å². The number of likely N-dealkylation sites (tertiary alicyclic amines) is 1. The molecule has 2 saturated heterocycles. The van der Waals surface area contributed by atoms with Crippen LogP contribution in [0.15, 0.2) is 0 Å². The van der Waals surface area contributed by atoms with Gasteiger partial charge in [0.15, 0.2) is 0 Å². The highest BCUT2D eigenvalue weighted by atomic mass is 16.5. The molecule has 1 unspecified atom stereocenters. The Labute approximate surface area is 109 Å². The van der Waals surface area contributed by atoms with Crippen LogP contribution in [0.2, 0.25) is 0 Å². The van der Waals surface area contributed by atoms with E-state index in [0.29, 0.717) is 5.92 Å². The number of nitrogens with zero attached hydrogens (tertiary/aromatic N) is 2. The average Bonchev–Trinajstić information content (AvgIpc) is 2.32. The summed E-state index contributed by atoms with van der Waals surface area (Å²) < 4.78 is 11.1. The minimum atomic E-state index is -0.0671. The number of carbonyl (C=O) groups is 1. The summed E-state index contributed by atoms with van der Waals surface area (Å²) in [6.45, 7) is 3.13. The van der Waals surface area contributed by atoms with Crippen molar-refractivity contribution < 1.29 is 14.3 Å². The van der Waals surface area contributed by atoms with Gasteiger partial charge in [0.2, 0.25) is 0 Å². The first-order valence-corrected chi connectivity index (χ1v) is 6.65. The SMILES string of the molecule is COCCC1CCOC2(C1)CN(C(=O)N(C)C)C2. The van der Waals surface area contributed by atoms with Crippen molar-refractivity contribution in [1.29, 1.82) is 0 Å². The normalized spacial score (nSPS) is 25.9. The second-order valence-corrected chi connectivity index (χ2v) is 5.70. The third kappa shape index (κ3) is 2.78. The molecule has 0 aromatic carbocycles. The number of carbonyl (C=O) groups excluding carboxylic acids is 1. The molecule has 18 heavy (non-hydrogen) atoms. The maximum absolute atomic E-state index is 11.8. The van der Waals surface area contributed by atoms with Crippen LogP contribution in [0.5, 0.6) is 0 Å². The maximum Gasteiger partial charge on any atom is 0.319 e. The number of rotatable bonds is 3. The van der Waals surface area contributed by atoms with Gasteiger partial charge in [0.1, 0.15) is 5.60 Å². The van der Waals surface area contributed by atoms with Gasteiger partial charge >= 0.3 is 6.03 Å². The minimum Gasteiger partial charge on any atom is -0.385 e. The summed E-state index contributed by atoms with van der Waals surface area (Å²) in [5, 5.41) is 0. The monoisotopic (exact) mass is 256 g/mol. The van der Waals surface area contributed by atoms with E-state index in [1.54, 1.807) is 26.1 Å². The first kappa shape index (κ1) is 13.6. The Hall–Kier alpha value is -0.810. The summed E-state index contributed by atoms with van der Waals surface area (Å²) in [4.78, 5) is 15.3. The topological polar surface area (TPSA) is 42.0 Å². The lowest BCUT2D eigenvalue weighted by molar-refractivity contribution is -0.167. The second kappa shape index (κ2) is 5.45. The predicted octanol–water partition coefficient (Wildman–Crippen LogP) is 1.19. The highest BCUT2D eigenvalue weighted by Gasteiger charge is 2.49. The molecule has 0 N–H and O–H groups in total. The Bertz CT molecular complexity index is 301. The van der Waals surface area contributed by atoms with E-state index in [1.165, 1.54) is 0 Å². The molecule has 0 radical (unpaired) electrons. The molecule has 2 fully saturated rings. The zero-order valence-corrected chi connectivity index (χ0v) is 11.6. The molecular formula is C13H24N2O3. The van der Waals surface area contributed by atoms with Crippen LogP contribution in [0, 0.1) is 5.92 Å². The van der Waals surface area contributed by atoms with Crippen LogP contribution in [0.25, 0.3) is 0 Å². The zero-order valence-electron chi connectivity index (χ0n) is 11.6. The van der Waals surface area contributed by atoms with Gasteiger partial charge in [0, 0.05) is 34.4 Å². The molecule has 5 nitrogen and oxygen atoms in total. The Morgan fingerprint density at radius 1 is 1.50 bits per heavy atom. The highest BCUT2D eigenvalue weighted by molar-refractivity contribution is 5.75. The Balaban J connectivity index is 1.82. The van der Waals surface area contributed by atoms with Crippen LogP contribution < -0.4 is 0 Å². The van der Waals surface area contributed by atoms with Crippen molar-refractivity contribution >= 4 is 6.03 Å². The number of methoxy groups -OCH3 is 1. The standard InChI is InChI=1S/C13H24N2O3/c1-14(2)12(16)15-9-13(10-15)8-11(4-6-17-3)5-7-18-13/h11H,4-10H2,1-3H3. The van der Waals surface area contributed by atoms with Crippen molar-refractivity contribution in [2.45, 2.75) is 24.9 Å². The van der Waals surface area contributed by atoms with Gasteiger partial charge in [-0.15, -0.1) is 0 Å². The van der Waals surface area contributed by atoms with Gasteiger partial charge in [-0.2, -0.15) is 0 Å². The number of urea groups is 1. The molecule has 1 spiro atoms. The summed E-state index contributed by atoms with van der Waals surface area (Å²) in [5.74, 6) is 0.676. The Morgan fingerprint density at radius 3 is 2.83 bits per heavy atom. The smallest absolute Gasteiger partial charge is 0.319 e. The quantitative estimate of drug-likeness (QED) is 0.761. The lowest BCUT2D eigenvalue weighted by Gasteiger charge is -2.53. The van der Waals surface area contributed by atoms with Crippen molar-refractivity contribution in [2.75, 3.05) is 47.5 Å². The van der Waals surface area contributed by atoms with Crippen LogP contribution in [0.1, 0.15) is 19.3 Å². The third-order valence-corrected chi connectivity index (χ3v) is 3.94. The van der Waals surface area contributed by atoms with E-state index >= 15 is 0 Å². The number of amides is 2. The number of hydrogen-bond donors (Lipinski definition) is 0. The van der Waals surface area contributed by atoms with E-state index in [0.717, 1.165) is 45.6 Å². The molecule has 5 heteroatoms. The molecule has 2 rings (SSSR count). The van der Waals surface area contributed by atoms with Crippen LogP contribution >= 0.6 is 0 Å². The molecule has 0 bridgehead atoms. The number of ether oxygens (including phenoxy) is 2. The summed E-state index contributed by atoms with van der Waals surface area (Å²) in [6, 6.07) is 0.0863. The molecule has 0 aliphatic carbocycles. The van der Waals surface area contributed by atoms with Crippen molar-refractivity contribution in [2.24, 2.45) is 5.92 Å². The summed E-state index contributed by atoms with van der Waals surface area (Å²) in [7, 11) is 5.32. The summed E-state index contributed by atoms with van der Waals surface area (Å²) in [5.41, 5.74) is -0.0671. The van der Waals surface area contributed by atoms with E-state index in [9.17, 15) is 4.79 Å². The van der Waals surface area contributed by atoms with Gasteiger partial charge in [0.25, 0.3) is 0 Å². The van der Waals surface area contributed by atoms with Gasteiger partial charge in [-0.1, -0.05) is 0 Å². The molecule has 104 valence electrons. The van der Waals surface area contributed by atoms with Gasteiger partial charge in [-0.25, -0.2) is 4.79 Å². The lowest BCUT2D eigenvalue weighted by Crippen LogP contribution is -2.67. The van der Waals surface area contributed by atoms with Crippen molar-refractivity contribution in [1.82, 2.24) is 9.80 Å². The summed E-state index contributed by atoms with van der Waals surface area (Å²) in [6.07, 6.45) is 3.28. The van der Waals surface area contributed by atoms with Gasteiger partial charge < -0.3 is 19.3 Å². The summed E-state index contributed by atoms with van der Waals surface area (Å²) >= 11 is 0. The van der Waals surface area contributed by atoms with E-state index in [-0.39, 0.29) is 11.6 Å². The van der Waals surface area contributed by atoms with Gasteiger partial charge in [-0.3, -0.25) is 0 Å². The first-order chi connectivity index (χ1) is 8.56. The number of hydrogen-bond acceptors (Lipinski definition) is 3. The van der Waals surface area contributed by atoms with Crippen molar-refractivity contribution in [3.63, 3.8) is 0 Å². The Kier molecular flexibility index (Phi) is 4.12. The molecule has 2 heterocycles. The van der Waals surface area contributed by atoms with Gasteiger partial charge in [-0.05, 0) is 25.2 Å². The average molecular weight is 256 g/mol. The maximum atomic E-state index is 11.8. The molecule has 1 atom stereocenters. The zero-order chi connectivity index (χ0) is 13.2. The predicted molar refractivity (Wildman–Crippen MR) is 68.6 cm³/mol. The van der Waals surface area contributed by atoms with Crippen LogP contribution in [-0.2, 0) is 9.47 Å². The Morgan fingerprint density at radius 2 is 2.22 bits per heavy atom. The molecule has 0 saturated carbocycles. The van der Waals surface area contributed by atoms with E-state index in [2.05, 4.69) is 0 Å². The lowest BCUT2D eigenvalue weighted by atomic mass is 9.79. The van der Waals surface area contributed by atoms with Crippen molar-refractivity contribution in [3.8, 4) is 0 Å². The largest absolute Gasteiger partial charge is 0.385 e. The van der Waals surface area contributed by atoms with Crippen LogP contribution in [0.4, 0.5) is 4.79 Å². The second-order valence-electron chi connectivity index (χ2n) is 5.70. The first-order valence-electron chi connectivity index (χ1n) is 6.65. The molecule has 2 aliphatic rings. The van der Waals surface area contributed by atoms with E-state index in [1.807, 2.05) is 4.90 Å². The van der Waals surface area contributed by atoms with Crippen LogP contribution in [-0.4, -0.2) is 68.9 Å². The highest BCUT2D eigenvalue weighted by Crippen LogP contribution is 2.38.